The number of hydrogen-bond acceptors (Lipinski definition) is 7. The Morgan fingerprint density at radius 3 is 3.00 bits per heavy atom. The number of allylic oxidation sites excluding steroid dienone is 1. The van der Waals surface area contributed by atoms with Gasteiger partial charge in [0.2, 0.25) is 5.91 Å². The third-order valence-electron chi connectivity index (χ3n) is 5.00. The van der Waals surface area contributed by atoms with Crippen molar-refractivity contribution in [2.45, 2.75) is 25.8 Å². The maximum atomic E-state index is 12.9. The number of hydrogen-bond donors (Lipinski definition) is 1. The molecule has 0 bridgehead atoms. The van der Waals surface area contributed by atoms with Crippen LogP contribution >= 0.6 is 11.8 Å². The first-order valence-corrected chi connectivity index (χ1v) is 10.4. The summed E-state index contributed by atoms with van der Waals surface area (Å²) in [7, 11) is 0. The molecule has 0 spiro atoms. The van der Waals surface area contributed by atoms with Crippen LogP contribution in [0.4, 0.5) is 0 Å². The lowest BCUT2D eigenvalue weighted by atomic mass is 9.86. The lowest BCUT2D eigenvalue weighted by Gasteiger charge is -2.41. The number of thioether (sulfide) groups is 1. The topological polar surface area (TPSA) is 89.9 Å². The summed E-state index contributed by atoms with van der Waals surface area (Å²) in [6, 6.07) is 11.1. The molecule has 29 heavy (non-hydrogen) atoms. The number of fused-ring (bicyclic) bond motifs is 1. The lowest BCUT2D eigenvalue weighted by molar-refractivity contribution is -0.132. The van der Waals surface area contributed by atoms with Gasteiger partial charge in [-0.3, -0.25) is 14.6 Å². The molecule has 4 rings (SSSR count). The van der Waals surface area contributed by atoms with Crippen molar-refractivity contribution in [1.82, 2.24) is 9.80 Å². The zero-order valence-corrected chi connectivity index (χ0v) is 16.8. The Bertz CT molecular complexity index is 980. The van der Waals surface area contributed by atoms with Crippen LogP contribution in [0.3, 0.4) is 0 Å². The van der Waals surface area contributed by atoms with Gasteiger partial charge in [0.05, 0.1) is 48.6 Å². The highest BCUT2D eigenvalue weighted by molar-refractivity contribution is 8.03. The molecule has 0 aliphatic carbocycles. The average Bonchev–Trinajstić information content (AvgIpc) is 3.23. The standard InChI is InChI=1S/C21H21N3O4S/c1-2-27-19-8-14(5-6-18(19)25)16-9-20(26)24-12-23(11-15-4-3-7-28-15)13-29-21(24)17(16)10-22/h3-8,16,25H,2,9,11-13H2,1H3. The summed E-state index contributed by atoms with van der Waals surface area (Å²) in [5.74, 6) is 1.55. The number of ether oxygens (including phenoxy) is 1. The molecule has 1 amide bonds. The van der Waals surface area contributed by atoms with Crippen molar-refractivity contribution in [3.63, 3.8) is 0 Å². The highest BCUT2D eigenvalue weighted by Gasteiger charge is 2.38. The molecule has 7 nitrogen and oxygen atoms in total. The summed E-state index contributed by atoms with van der Waals surface area (Å²) in [5, 5.41) is 20.6. The van der Waals surface area contributed by atoms with Gasteiger partial charge in [-0.2, -0.15) is 5.26 Å². The van der Waals surface area contributed by atoms with Crippen LogP contribution in [0.15, 0.2) is 51.6 Å². The predicted octanol–water partition coefficient (Wildman–Crippen LogP) is 3.60. The van der Waals surface area contributed by atoms with Crippen LogP contribution in [0.5, 0.6) is 11.5 Å². The quantitative estimate of drug-likeness (QED) is 0.804. The second-order valence-electron chi connectivity index (χ2n) is 6.89. The number of nitriles is 1. The van der Waals surface area contributed by atoms with E-state index in [2.05, 4.69) is 11.0 Å². The van der Waals surface area contributed by atoms with Crippen molar-refractivity contribution in [3.8, 4) is 17.6 Å². The monoisotopic (exact) mass is 411 g/mol. The number of furan rings is 1. The Morgan fingerprint density at radius 1 is 1.41 bits per heavy atom. The Balaban J connectivity index is 1.61. The number of carbonyl (C=O) groups is 1. The number of phenols is 1. The number of carbonyl (C=O) groups excluding carboxylic acids is 1. The van der Waals surface area contributed by atoms with E-state index in [0.29, 0.717) is 37.0 Å². The van der Waals surface area contributed by atoms with E-state index in [0.717, 1.165) is 16.4 Å². The van der Waals surface area contributed by atoms with Gasteiger partial charge in [-0.05, 0) is 36.8 Å². The zero-order valence-electron chi connectivity index (χ0n) is 16.0. The number of benzene rings is 1. The first-order valence-electron chi connectivity index (χ1n) is 9.38. The molecule has 1 N–H and O–H groups in total. The SMILES string of the molecule is CCOc1cc(C2CC(=O)N3CN(Cc4ccco4)CSC3=C2C#N)ccc1O. The van der Waals surface area contributed by atoms with Gasteiger partial charge in [0.15, 0.2) is 11.5 Å². The van der Waals surface area contributed by atoms with E-state index in [1.165, 1.54) is 11.8 Å². The molecule has 3 heterocycles. The Labute approximate surface area is 173 Å². The van der Waals surface area contributed by atoms with Crippen LogP contribution in [0, 0.1) is 11.3 Å². The van der Waals surface area contributed by atoms with Crippen molar-refractivity contribution in [2.24, 2.45) is 0 Å². The molecule has 2 aromatic rings. The summed E-state index contributed by atoms with van der Waals surface area (Å²) in [4.78, 5) is 16.7. The molecular weight excluding hydrogens is 390 g/mol. The van der Waals surface area contributed by atoms with E-state index in [1.54, 1.807) is 29.4 Å². The number of aromatic hydroxyl groups is 1. The summed E-state index contributed by atoms with van der Waals surface area (Å²) < 4.78 is 10.9. The van der Waals surface area contributed by atoms with Crippen molar-refractivity contribution in [1.29, 1.82) is 5.26 Å². The molecule has 150 valence electrons. The molecule has 1 aromatic carbocycles. The van der Waals surface area contributed by atoms with Crippen LogP contribution in [0.25, 0.3) is 0 Å². The summed E-state index contributed by atoms with van der Waals surface area (Å²) >= 11 is 1.50. The summed E-state index contributed by atoms with van der Waals surface area (Å²) in [6.07, 6.45) is 1.84. The van der Waals surface area contributed by atoms with E-state index in [1.807, 2.05) is 19.1 Å². The largest absolute Gasteiger partial charge is 0.504 e. The normalized spacial score (nSPS) is 19.8. The predicted molar refractivity (Wildman–Crippen MR) is 108 cm³/mol. The van der Waals surface area contributed by atoms with Gasteiger partial charge in [-0.15, -0.1) is 0 Å². The fourth-order valence-electron chi connectivity index (χ4n) is 3.63. The first-order chi connectivity index (χ1) is 14.1. The van der Waals surface area contributed by atoms with Crippen molar-refractivity contribution in [3.05, 3.63) is 58.5 Å². The third-order valence-corrected chi connectivity index (χ3v) is 6.20. The minimum absolute atomic E-state index is 0.0216. The zero-order chi connectivity index (χ0) is 20.4. The highest BCUT2D eigenvalue weighted by atomic mass is 32.2. The molecule has 2 aliphatic rings. The van der Waals surface area contributed by atoms with E-state index in [-0.39, 0.29) is 24.0 Å². The van der Waals surface area contributed by atoms with Crippen LogP contribution < -0.4 is 4.74 Å². The molecule has 1 fully saturated rings. The van der Waals surface area contributed by atoms with Crippen LogP contribution in [0.1, 0.15) is 30.6 Å². The van der Waals surface area contributed by atoms with Gasteiger partial charge in [0.25, 0.3) is 0 Å². The van der Waals surface area contributed by atoms with Crippen molar-refractivity contribution in [2.75, 3.05) is 19.2 Å². The van der Waals surface area contributed by atoms with E-state index < -0.39 is 0 Å². The Hall–Kier alpha value is -2.89. The van der Waals surface area contributed by atoms with Crippen molar-refractivity contribution < 1.29 is 19.1 Å². The Kier molecular flexibility index (Phi) is 5.51. The second kappa shape index (κ2) is 8.23. The average molecular weight is 411 g/mol. The molecule has 0 saturated carbocycles. The van der Waals surface area contributed by atoms with Crippen molar-refractivity contribution >= 4 is 17.7 Å². The fourth-order valence-corrected chi connectivity index (χ4v) is 4.77. The first kappa shape index (κ1) is 19.4. The minimum atomic E-state index is -0.345. The van der Waals surface area contributed by atoms with Gasteiger partial charge in [0, 0.05) is 12.3 Å². The molecule has 0 radical (unpaired) electrons. The maximum absolute atomic E-state index is 12.9. The van der Waals surface area contributed by atoms with Gasteiger partial charge in [-0.25, -0.2) is 0 Å². The molecule has 2 aliphatic heterocycles. The van der Waals surface area contributed by atoms with Gasteiger partial charge in [-0.1, -0.05) is 17.8 Å². The lowest BCUT2D eigenvalue weighted by Crippen LogP contribution is -2.46. The number of rotatable bonds is 5. The van der Waals surface area contributed by atoms with E-state index in [9.17, 15) is 15.2 Å². The number of nitrogens with zero attached hydrogens (tertiary/aromatic N) is 3. The molecule has 1 aromatic heterocycles. The van der Waals surface area contributed by atoms with E-state index in [4.69, 9.17) is 9.15 Å². The van der Waals surface area contributed by atoms with Crippen LogP contribution in [0.2, 0.25) is 0 Å². The summed E-state index contributed by atoms with van der Waals surface area (Å²) in [6.45, 7) is 3.30. The van der Waals surface area contributed by atoms with E-state index >= 15 is 0 Å². The van der Waals surface area contributed by atoms with Gasteiger partial charge < -0.3 is 14.3 Å². The maximum Gasteiger partial charge on any atom is 0.229 e. The van der Waals surface area contributed by atoms with Crippen LogP contribution in [-0.4, -0.2) is 40.0 Å². The second-order valence-corrected chi connectivity index (χ2v) is 7.83. The minimum Gasteiger partial charge on any atom is -0.504 e. The Morgan fingerprint density at radius 2 is 2.28 bits per heavy atom. The summed E-state index contributed by atoms with van der Waals surface area (Å²) in [5.41, 5.74) is 1.38. The third kappa shape index (κ3) is 3.84. The van der Waals surface area contributed by atoms with Crippen LogP contribution in [-0.2, 0) is 11.3 Å². The fraction of sp³-hybridized carbons (Fsp3) is 0.333. The molecule has 1 saturated heterocycles. The molecule has 1 atom stereocenters. The van der Waals surface area contributed by atoms with Gasteiger partial charge in [0.1, 0.15) is 5.76 Å². The van der Waals surface area contributed by atoms with Gasteiger partial charge >= 0.3 is 0 Å². The highest BCUT2D eigenvalue weighted by Crippen LogP contribution is 2.44. The molecule has 8 heteroatoms. The smallest absolute Gasteiger partial charge is 0.229 e. The number of phenolic OH excluding ortho intramolecular Hbond substituents is 1. The number of amides is 1. The molecular formula is C21H21N3O4S. The molecule has 1 unspecified atom stereocenters.